The second-order valence-corrected chi connectivity index (χ2v) is 23.3. The molecule has 4 aliphatic rings. The summed E-state index contributed by atoms with van der Waals surface area (Å²) in [4.78, 5) is 74.1. The number of rotatable bonds is 14. The number of esters is 4. The van der Waals surface area contributed by atoms with E-state index in [-0.39, 0.29) is 80.2 Å². The van der Waals surface area contributed by atoms with Crippen LogP contribution in [0.15, 0.2) is 193 Å². The summed E-state index contributed by atoms with van der Waals surface area (Å²) in [7, 11) is 0. The number of hydrogen-bond donors (Lipinski definition) is 0. The van der Waals surface area contributed by atoms with Gasteiger partial charge >= 0.3 is 35.1 Å². The van der Waals surface area contributed by atoms with E-state index in [1.54, 1.807) is 121 Å². The van der Waals surface area contributed by atoms with E-state index in [4.69, 9.17) is 87.3 Å². The molecule has 84 heavy (non-hydrogen) atoms. The minimum Gasteiger partial charge on any atom is -0.458 e. The summed E-state index contributed by atoms with van der Waals surface area (Å²) in [6.07, 6.45) is 3.43. The predicted molar refractivity (Wildman–Crippen MR) is 334 cm³/mol. The van der Waals surface area contributed by atoms with Crippen molar-refractivity contribution in [2.45, 2.75) is 37.6 Å². The van der Waals surface area contributed by atoms with Crippen molar-refractivity contribution in [1.82, 2.24) is 9.97 Å². The van der Waals surface area contributed by atoms with Gasteiger partial charge in [0, 0.05) is 44.5 Å². The topological polar surface area (TPSA) is 149 Å². The molecule has 0 fully saturated rings. The summed E-state index contributed by atoms with van der Waals surface area (Å²) in [6, 6.07) is 54.1. The largest absolute Gasteiger partial charge is 0.458 e. The first-order valence-electron chi connectivity index (χ1n) is 26.2. The number of fused-ring (bicyclic) bond motifs is 8. The Balaban J connectivity index is 1.01. The second kappa shape index (κ2) is 22.4. The summed E-state index contributed by atoms with van der Waals surface area (Å²) in [5.41, 5.74) is 1.47. The van der Waals surface area contributed by atoms with Gasteiger partial charge in [-0.1, -0.05) is 219 Å². The summed E-state index contributed by atoms with van der Waals surface area (Å²) in [6.45, 7) is -0.992. The Labute approximate surface area is 510 Å². The number of carbonyl (C=O) groups is 4. The molecule has 13 rings (SSSR count). The first-order chi connectivity index (χ1) is 40.9. The molecule has 0 unspecified atom stereocenters. The zero-order chi connectivity index (χ0) is 57.7. The molecular formula is C66H40N2O10S6. The van der Waals surface area contributed by atoms with Crippen molar-refractivity contribution in [2.75, 3.05) is 0 Å². The Bertz CT molecular complexity index is 3870. The van der Waals surface area contributed by atoms with Crippen molar-refractivity contribution in [3.8, 4) is 32.4 Å². The molecule has 2 aliphatic heterocycles. The molecule has 9 aromatic rings. The van der Waals surface area contributed by atoms with Crippen molar-refractivity contribution >= 4 is 127 Å². The highest BCUT2D eigenvalue weighted by molar-refractivity contribution is 7.84. The van der Waals surface area contributed by atoms with Crippen LogP contribution in [0.3, 0.4) is 0 Å². The van der Waals surface area contributed by atoms with E-state index >= 15 is 19.2 Å². The molecule has 0 saturated heterocycles. The number of thiocarbonyl (C=S) groups is 4. The monoisotopic (exact) mass is 1210 g/mol. The number of allylic oxidation sites excluding steroid dienone is 2. The minimum absolute atomic E-state index is 0.0148. The van der Waals surface area contributed by atoms with Gasteiger partial charge < -0.3 is 28.4 Å². The van der Waals surface area contributed by atoms with Gasteiger partial charge in [-0.25, -0.2) is 29.1 Å². The number of benzene rings is 7. The van der Waals surface area contributed by atoms with E-state index in [9.17, 15) is 0 Å². The van der Waals surface area contributed by atoms with Gasteiger partial charge in [0.1, 0.15) is 59.3 Å². The lowest BCUT2D eigenvalue weighted by Crippen LogP contribution is -2.53. The van der Waals surface area contributed by atoms with E-state index in [0.717, 1.165) is 44.9 Å². The first kappa shape index (κ1) is 54.4. The van der Waals surface area contributed by atoms with Gasteiger partial charge in [-0.2, -0.15) is 0 Å². The third-order valence-electron chi connectivity index (χ3n) is 14.4. The van der Waals surface area contributed by atoms with Crippen LogP contribution in [0.4, 0.5) is 0 Å². The van der Waals surface area contributed by atoms with Gasteiger partial charge in [0.05, 0.1) is 29.2 Å². The molecule has 0 N–H and O–H groups in total. The maximum Gasteiger partial charge on any atom is 0.369 e. The lowest BCUT2D eigenvalue weighted by Gasteiger charge is -2.36. The maximum atomic E-state index is 15.4. The lowest BCUT2D eigenvalue weighted by atomic mass is 9.89. The third kappa shape index (κ3) is 9.59. The van der Waals surface area contributed by atoms with Gasteiger partial charge in [0.25, 0.3) is 0 Å². The normalized spacial score (nSPS) is 14.5. The van der Waals surface area contributed by atoms with E-state index < -0.39 is 35.1 Å². The number of hydrogen-bond acceptors (Lipinski definition) is 18. The third-order valence-corrected chi connectivity index (χ3v) is 18.2. The van der Waals surface area contributed by atoms with E-state index in [2.05, 4.69) is 0 Å². The van der Waals surface area contributed by atoms with Crippen LogP contribution in [0.5, 0.6) is 11.5 Å². The molecule has 0 bridgehead atoms. The van der Waals surface area contributed by atoms with E-state index in [0.29, 0.717) is 52.9 Å². The van der Waals surface area contributed by atoms with Crippen LogP contribution in [0.1, 0.15) is 65.9 Å². The zero-order valence-electron chi connectivity index (χ0n) is 43.7. The molecule has 12 nitrogen and oxygen atoms in total. The summed E-state index contributed by atoms with van der Waals surface area (Å²) >= 11 is 26.2. The first-order valence-corrected chi connectivity index (χ1v) is 29.4. The van der Waals surface area contributed by atoms with Crippen LogP contribution in [0.25, 0.3) is 33.0 Å². The van der Waals surface area contributed by atoms with Crippen LogP contribution in [-0.2, 0) is 75.8 Å². The average Bonchev–Trinajstić information content (AvgIpc) is 1.91. The van der Waals surface area contributed by atoms with Gasteiger partial charge in [-0.3, -0.25) is 0 Å². The summed E-state index contributed by atoms with van der Waals surface area (Å²) in [5, 5.41) is 0.573. The zero-order valence-corrected chi connectivity index (χ0v) is 48.6. The van der Waals surface area contributed by atoms with Crippen LogP contribution in [-0.4, -0.2) is 53.3 Å². The molecule has 4 heterocycles. The van der Waals surface area contributed by atoms with Crippen LogP contribution in [0.2, 0.25) is 0 Å². The SMILES string of the molecule is O=C(OCc1ccccc1)C1(C(=O)OCc2ccccc2)Oc2cc3c(cc2-c2sc(C=C4C(=S)c5ccccc5C4=S)nc21)OC(C(=O)OCc1ccccc1)(C(=O)OCc1ccccc1)c1nc(C=C2C(=S)c4ccccc4C2=S)sc1-3. The second-order valence-electron chi connectivity index (χ2n) is 19.6. The highest BCUT2D eigenvalue weighted by Crippen LogP contribution is 2.57. The van der Waals surface area contributed by atoms with Crippen LogP contribution >= 0.6 is 71.5 Å². The number of nitrogens with zero attached hydrogens (tertiary/aromatic N) is 2. The van der Waals surface area contributed by atoms with Crippen molar-refractivity contribution in [3.05, 3.63) is 259 Å². The highest BCUT2D eigenvalue weighted by Gasteiger charge is 2.62. The molecule has 0 spiro atoms. The van der Waals surface area contributed by atoms with Crippen molar-refractivity contribution in [3.63, 3.8) is 0 Å². The van der Waals surface area contributed by atoms with Gasteiger partial charge in [0.15, 0.2) is 0 Å². The number of carbonyl (C=O) groups excluding carboxylic acids is 4. The standard InChI is InChI=1S/C66H40N2O10S6/c69-61(73-33-37-17-5-1-6-18-37)65(62(70)74-34-38-19-7-2-8-20-38)59-57(83-51(67-59)31-47-53(79)41-25-13-14-26-42(41)54(47)80)45-30-50-46(29-49(45)77-65)58-60(68-52(84-58)32-48-55(81)43-27-15-16-28-44(43)56(48)82)66(78-50,63(71)75-35-39-21-9-3-10-22-39)64(72)76-36-40-23-11-4-12-24-40/h1-32H,33-36H2. The van der Waals surface area contributed by atoms with Crippen LogP contribution < -0.4 is 9.47 Å². The van der Waals surface area contributed by atoms with Crippen LogP contribution in [0, 0.1) is 0 Å². The van der Waals surface area contributed by atoms with E-state index in [1.807, 2.05) is 72.8 Å². The van der Waals surface area contributed by atoms with Crippen molar-refractivity contribution < 1.29 is 47.6 Å². The van der Waals surface area contributed by atoms with Gasteiger partial charge in [-0.05, 0) is 46.5 Å². The minimum atomic E-state index is -2.70. The van der Waals surface area contributed by atoms with Crippen molar-refractivity contribution in [1.29, 1.82) is 0 Å². The lowest BCUT2D eigenvalue weighted by molar-refractivity contribution is -0.185. The van der Waals surface area contributed by atoms with E-state index in [1.165, 1.54) is 0 Å². The molecule has 0 amide bonds. The Morgan fingerprint density at radius 3 is 0.929 bits per heavy atom. The Hall–Kier alpha value is -8.88. The fraction of sp³-hybridized carbons (Fsp3) is 0.0909. The molecule has 0 atom stereocenters. The number of ether oxygens (including phenoxy) is 6. The molecule has 0 saturated carbocycles. The molecule has 18 heteroatoms. The molecular weight excluding hydrogens is 1170 g/mol. The summed E-state index contributed by atoms with van der Waals surface area (Å²) < 4.78 is 38.2. The molecule has 2 aromatic heterocycles. The molecule has 410 valence electrons. The van der Waals surface area contributed by atoms with Crippen molar-refractivity contribution in [2.24, 2.45) is 0 Å². The smallest absolute Gasteiger partial charge is 0.369 e. The number of thiazole rings is 2. The Kier molecular flexibility index (Phi) is 14.5. The Morgan fingerprint density at radius 1 is 0.393 bits per heavy atom. The average molecular weight is 1210 g/mol. The summed E-state index contributed by atoms with van der Waals surface area (Å²) in [5.74, 6) is -4.50. The Morgan fingerprint density at radius 2 is 0.655 bits per heavy atom. The molecule has 7 aromatic carbocycles. The highest BCUT2D eigenvalue weighted by atomic mass is 32.1. The van der Waals surface area contributed by atoms with Gasteiger partial charge in [0.2, 0.25) is 0 Å². The molecule has 2 aliphatic carbocycles. The predicted octanol–water partition coefficient (Wildman–Crippen LogP) is 13.1. The van der Waals surface area contributed by atoms with Gasteiger partial charge in [-0.15, -0.1) is 22.7 Å². The maximum absolute atomic E-state index is 15.4. The number of aromatic nitrogens is 2. The molecule has 0 radical (unpaired) electrons. The fourth-order valence-corrected chi connectivity index (χ4v) is 13.9. The fourth-order valence-electron chi connectivity index (χ4n) is 10.2. The quantitative estimate of drug-likeness (QED) is 0.0334.